The molecule has 0 unspecified atom stereocenters. The molecule has 94 valence electrons. The molecule has 0 saturated carbocycles. The molecule has 2 aromatic rings. The second kappa shape index (κ2) is 4.77. The van der Waals surface area contributed by atoms with Crippen molar-refractivity contribution < 1.29 is 9.18 Å². The molecular formula is C11H10BrFN4O. The van der Waals surface area contributed by atoms with Crippen LogP contribution in [0.3, 0.4) is 0 Å². The number of nitrogens with two attached hydrogens (primary N) is 1. The molecule has 0 aliphatic rings. The fourth-order valence-electron chi connectivity index (χ4n) is 1.40. The van der Waals surface area contributed by atoms with Crippen molar-refractivity contribution in [1.82, 2.24) is 9.78 Å². The number of nitrogens with one attached hydrogen (secondary N) is 1. The van der Waals surface area contributed by atoms with Gasteiger partial charge < -0.3 is 11.1 Å². The summed E-state index contributed by atoms with van der Waals surface area (Å²) in [5.74, 6) is -0.514. The predicted molar refractivity (Wildman–Crippen MR) is 69.7 cm³/mol. The van der Waals surface area contributed by atoms with E-state index in [1.54, 1.807) is 7.05 Å². The summed E-state index contributed by atoms with van der Waals surface area (Å²) in [6.45, 7) is 0. The van der Waals surface area contributed by atoms with E-state index in [1.165, 1.54) is 29.1 Å². The Labute approximate surface area is 111 Å². The molecule has 0 bridgehead atoms. The molecule has 2 rings (SSSR count). The molecule has 5 nitrogen and oxygen atoms in total. The number of carbonyl (C=O) groups is 1. The summed E-state index contributed by atoms with van der Waals surface area (Å²) in [4.78, 5) is 11.9. The van der Waals surface area contributed by atoms with E-state index in [-0.39, 0.29) is 17.2 Å². The third-order valence-electron chi connectivity index (χ3n) is 2.41. The average Bonchev–Trinajstić information content (AvgIpc) is 2.64. The first-order valence-electron chi connectivity index (χ1n) is 5.03. The summed E-state index contributed by atoms with van der Waals surface area (Å²) in [7, 11) is 1.64. The molecule has 7 heteroatoms. The largest absolute Gasteiger partial charge is 0.383 e. The van der Waals surface area contributed by atoms with Crippen LogP contribution >= 0.6 is 15.9 Å². The van der Waals surface area contributed by atoms with Gasteiger partial charge in [0.05, 0.1) is 11.9 Å². The zero-order chi connectivity index (χ0) is 13.3. The lowest BCUT2D eigenvalue weighted by Gasteiger charge is -2.06. The van der Waals surface area contributed by atoms with Crippen molar-refractivity contribution in [3.63, 3.8) is 0 Å². The molecule has 0 radical (unpaired) electrons. The summed E-state index contributed by atoms with van der Waals surface area (Å²) in [6.07, 6.45) is 1.38. The molecule has 0 aliphatic heterocycles. The molecule has 1 amide bonds. The van der Waals surface area contributed by atoms with Crippen LogP contribution in [0.4, 0.5) is 15.9 Å². The SMILES string of the molecule is Cn1ncc(C(=O)Nc2ccc(F)cc2Br)c1N. The van der Waals surface area contributed by atoms with Gasteiger partial charge in [0.25, 0.3) is 5.91 Å². The number of aromatic nitrogens is 2. The van der Waals surface area contributed by atoms with Crippen LogP contribution in [-0.2, 0) is 7.05 Å². The van der Waals surface area contributed by atoms with Crippen molar-refractivity contribution in [3.05, 3.63) is 40.2 Å². The third kappa shape index (κ3) is 2.35. The molecule has 1 aromatic carbocycles. The molecule has 0 saturated heterocycles. The monoisotopic (exact) mass is 312 g/mol. The fourth-order valence-corrected chi connectivity index (χ4v) is 1.85. The van der Waals surface area contributed by atoms with E-state index >= 15 is 0 Å². The van der Waals surface area contributed by atoms with Gasteiger partial charge in [-0.2, -0.15) is 5.10 Å². The molecule has 0 atom stereocenters. The van der Waals surface area contributed by atoms with E-state index in [0.29, 0.717) is 10.2 Å². The number of anilines is 2. The molecule has 0 aliphatic carbocycles. The van der Waals surface area contributed by atoms with Crippen LogP contribution in [-0.4, -0.2) is 15.7 Å². The maximum absolute atomic E-state index is 12.9. The zero-order valence-corrected chi connectivity index (χ0v) is 11.0. The first kappa shape index (κ1) is 12.6. The minimum Gasteiger partial charge on any atom is -0.383 e. The van der Waals surface area contributed by atoms with Crippen molar-refractivity contribution in [3.8, 4) is 0 Å². The number of hydrogen-bond donors (Lipinski definition) is 2. The molecule has 18 heavy (non-hydrogen) atoms. The van der Waals surface area contributed by atoms with Crippen LogP contribution in [0.5, 0.6) is 0 Å². The highest BCUT2D eigenvalue weighted by molar-refractivity contribution is 9.10. The van der Waals surface area contributed by atoms with Gasteiger partial charge in [0.1, 0.15) is 17.2 Å². The minimum absolute atomic E-state index is 0.269. The van der Waals surface area contributed by atoms with Crippen LogP contribution in [0.15, 0.2) is 28.9 Å². The smallest absolute Gasteiger partial charge is 0.261 e. The maximum atomic E-state index is 12.9. The third-order valence-corrected chi connectivity index (χ3v) is 3.06. The molecule has 0 fully saturated rings. The highest BCUT2D eigenvalue weighted by Crippen LogP contribution is 2.24. The van der Waals surface area contributed by atoms with Gasteiger partial charge in [-0.25, -0.2) is 4.39 Å². The Bertz CT molecular complexity index is 611. The van der Waals surface area contributed by atoms with E-state index in [4.69, 9.17) is 5.73 Å². The molecule has 1 heterocycles. The number of rotatable bonds is 2. The van der Waals surface area contributed by atoms with E-state index in [1.807, 2.05) is 0 Å². The quantitative estimate of drug-likeness (QED) is 0.892. The number of halogens is 2. The Balaban J connectivity index is 2.24. The number of aryl methyl sites for hydroxylation is 1. The van der Waals surface area contributed by atoms with E-state index in [9.17, 15) is 9.18 Å². The lowest BCUT2D eigenvalue weighted by atomic mass is 10.2. The van der Waals surface area contributed by atoms with Gasteiger partial charge in [0.2, 0.25) is 0 Å². The number of hydrogen-bond acceptors (Lipinski definition) is 3. The number of amides is 1. The van der Waals surface area contributed by atoms with Gasteiger partial charge >= 0.3 is 0 Å². The lowest BCUT2D eigenvalue weighted by Crippen LogP contribution is -2.14. The number of nitrogen functional groups attached to an aromatic ring is 1. The van der Waals surface area contributed by atoms with Crippen LogP contribution in [0.2, 0.25) is 0 Å². The van der Waals surface area contributed by atoms with Crippen LogP contribution in [0, 0.1) is 5.82 Å². The Morgan fingerprint density at radius 1 is 1.56 bits per heavy atom. The Morgan fingerprint density at radius 2 is 2.28 bits per heavy atom. The number of nitrogens with zero attached hydrogens (tertiary/aromatic N) is 2. The first-order valence-corrected chi connectivity index (χ1v) is 5.82. The van der Waals surface area contributed by atoms with Crippen molar-refractivity contribution in [2.75, 3.05) is 11.1 Å². The van der Waals surface area contributed by atoms with Crippen molar-refractivity contribution in [2.45, 2.75) is 0 Å². The van der Waals surface area contributed by atoms with E-state index in [2.05, 4.69) is 26.3 Å². The topological polar surface area (TPSA) is 72.9 Å². The standard InChI is InChI=1S/C11H10BrFN4O/c1-17-10(14)7(5-15-17)11(18)16-9-3-2-6(13)4-8(9)12/h2-5H,14H2,1H3,(H,16,18). The van der Waals surface area contributed by atoms with Gasteiger partial charge in [0, 0.05) is 11.5 Å². The van der Waals surface area contributed by atoms with E-state index < -0.39 is 5.91 Å². The Morgan fingerprint density at radius 3 is 2.83 bits per heavy atom. The highest BCUT2D eigenvalue weighted by atomic mass is 79.9. The van der Waals surface area contributed by atoms with Crippen molar-refractivity contribution >= 4 is 33.3 Å². The van der Waals surface area contributed by atoms with Gasteiger partial charge in [0.15, 0.2) is 0 Å². The maximum Gasteiger partial charge on any atom is 0.261 e. The van der Waals surface area contributed by atoms with Gasteiger partial charge in [-0.3, -0.25) is 9.48 Å². The summed E-state index contributed by atoms with van der Waals surface area (Å²) < 4.78 is 14.8. The van der Waals surface area contributed by atoms with Crippen LogP contribution in [0.25, 0.3) is 0 Å². The minimum atomic E-state index is -0.395. The summed E-state index contributed by atoms with van der Waals surface area (Å²) in [5, 5.41) is 6.50. The van der Waals surface area contributed by atoms with Crippen molar-refractivity contribution in [2.24, 2.45) is 7.05 Å². The predicted octanol–water partition coefficient (Wildman–Crippen LogP) is 2.16. The number of benzene rings is 1. The van der Waals surface area contributed by atoms with Crippen LogP contribution in [0.1, 0.15) is 10.4 Å². The molecular weight excluding hydrogens is 303 g/mol. The normalized spacial score (nSPS) is 10.4. The highest BCUT2D eigenvalue weighted by Gasteiger charge is 2.14. The summed E-state index contributed by atoms with van der Waals surface area (Å²) in [5.41, 5.74) is 6.42. The second-order valence-electron chi connectivity index (χ2n) is 3.65. The van der Waals surface area contributed by atoms with Gasteiger partial charge in [-0.1, -0.05) is 0 Å². The number of carbonyl (C=O) groups excluding carboxylic acids is 1. The second-order valence-corrected chi connectivity index (χ2v) is 4.50. The summed E-state index contributed by atoms with van der Waals surface area (Å²) in [6, 6.07) is 3.99. The average molecular weight is 313 g/mol. The first-order chi connectivity index (χ1) is 8.49. The molecule has 1 aromatic heterocycles. The fraction of sp³-hybridized carbons (Fsp3) is 0.0909. The molecule has 0 spiro atoms. The Kier molecular flexibility index (Phi) is 3.33. The van der Waals surface area contributed by atoms with E-state index in [0.717, 1.165) is 0 Å². The van der Waals surface area contributed by atoms with Crippen LogP contribution < -0.4 is 11.1 Å². The summed E-state index contributed by atoms with van der Waals surface area (Å²) >= 11 is 3.17. The van der Waals surface area contributed by atoms with Gasteiger partial charge in [-0.05, 0) is 34.1 Å². The Hall–Kier alpha value is -1.89. The zero-order valence-electron chi connectivity index (χ0n) is 9.45. The molecule has 3 N–H and O–H groups in total. The van der Waals surface area contributed by atoms with Crippen molar-refractivity contribution in [1.29, 1.82) is 0 Å². The lowest BCUT2D eigenvalue weighted by molar-refractivity contribution is 0.102. The van der Waals surface area contributed by atoms with Gasteiger partial charge in [-0.15, -0.1) is 0 Å².